The third-order valence-electron chi connectivity index (χ3n) is 2.06. The zero-order chi connectivity index (χ0) is 12.1. The smallest absolute Gasteiger partial charge is 0.344 e. The van der Waals surface area contributed by atoms with Crippen LogP contribution >= 0.6 is 0 Å². The first-order chi connectivity index (χ1) is 7.54. The molecule has 0 heterocycles. The average molecular weight is 226 g/mol. The van der Waals surface area contributed by atoms with Crippen molar-refractivity contribution in [3.05, 3.63) is 29.1 Å². The molecule has 0 N–H and O–H groups in total. The Morgan fingerprint density at radius 1 is 1.31 bits per heavy atom. The van der Waals surface area contributed by atoms with E-state index in [2.05, 4.69) is 0 Å². The first kappa shape index (κ1) is 12.5. The third kappa shape index (κ3) is 3.22. The number of rotatable bonds is 4. The van der Waals surface area contributed by atoms with E-state index in [1.807, 2.05) is 0 Å². The Balaban J connectivity index is 2.70. The molecule has 16 heavy (non-hydrogen) atoms. The number of esters is 1. The van der Waals surface area contributed by atoms with Crippen LogP contribution in [-0.4, -0.2) is 19.2 Å². The maximum Gasteiger partial charge on any atom is 0.344 e. The van der Waals surface area contributed by atoms with Gasteiger partial charge in [0, 0.05) is 0 Å². The van der Waals surface area contributed by atoms with E-state index in [0.29, 0.717) is 23.5 Å². The number of aryl methyl sites for hydroxylation is 2. The molecule has 0 amide bonds. The van der Waals surface area contributed by atoms with Crippen LogP contribution < -0.4 is 4.74 Å². The van der Waals surface area contributed by atoms with Crippen LogP contribution in [0.1, 0.15) is 18.1 Å². The quantitative estimate of drug-likeness (QED) is 0.739. The van der Waals surface area contributed by atoms with Crippen LogP contribution in [0.25, 0.3) is 0 Å². The van der Waals surface area contributed by atoms with E-state index < -0.39 is 5.97 Å². The molecule has 0 saturated heterocycles. The average Bonchev–Trinajstić information content (AvgIpc) is 2.16. The molecule has 0 fully saturated rings. The Hall–Kier alpha value is -1.58. The summed E-state index contributed by atoms with van der Waals surface area (Å²) in [6.07, 6.45) is 0. The minimum Gasteiger partial charge on any atom is -0.481 e. The highest BCUT2D eigenvalue weighted by Gasteiger charge is 2.09. The first-order valence-electron chi connectivity index (χ1n) is 5.09. The molecule has 0 spiro atoms. The van der Waals surface area contributed by atoms with Gasteiger partial charge in [-0.15, -0.1) is 0 Å². The topological polar surface area (TPSA) is 35.5 Å². The van der Waals surface area contributed by atoms with Gasteiger partial charge in [0.1, 0.15) is 11.6 Å². The fraction of sp³-hybridized carbons (Fsp3) is 0.417. The molecule has 0 saturated carbocycles. The molecular weight excluding hydrogens is 211 g/mol. The molecule has 88 valence electrons. The highest BCUT2D eigenvalue weighted by molar-refractivity contribution is 5.71. The lowest BCUT2D eigenvalue weighted by atomic mass is 10.1. The summed E-state index contributed by atoms with van der Waals surface area (Å²) in [5, 5.41) is 0. The van der Waals surface area contributed by atoms with Crippen molar-refractivity contribution < 1.29 is 18.7 Å². The van der Waals surface area contributed by atoms with Gasteiger partial charge in [-0.05, 0) is 44.0 Å². The van der Waals surface area contributed by atoms with Crippen molar-refractivity contribution >= 4 is 5.97 Å². The molecule has 1 rings (SSSR count). The van der Waals surface area contributed by atoms with Crippen LogP contribution in [-0.2, 0) is 9.53 Å². The van der Waals surface area contributed by atoms with E-state index in [0.717, 1.165) is 0 Å². The van der Waals surface area contributed by atoms with Crippen molar-refractivity contribution in [1.82, 2.24) is 0 Å². The van der Waals surface area contributed by atoms with Gasteiger partial charge in [0.15, 0.2) is 6.61 Å². The predicted molar refractivity (Wildman–Crippen MR) is 58.0 cm³/mol. The van der Waals surface area contributed by atoms with Crippen molar-refractivity contribution in [2.24, 2.45) is 0 Å². The van der Waals surface area contributed by atoms with E-state index in [4.69, 9.17) is 9.47 Å². The van der Waals surface area contributed by atoms with Crippen LogP contribution in [0.4, 0.5) is 4.39 Å². The number of ether oxygens (including phenoxy) is 2. The summed E-state index contributed by atoms with van der Waals surface area (Å²) in [5.41, 5.74) is 1.34. The molecule has 1 aromatic rings. The number of hydrogen-bond donors (Lipinski definition) is 0. The molecule has 0 aliphatic heterocycles. The van der Waals surface area contributed by atoms with Gasteiger partial charge in [-0.25, -0.2) is 9.18 Å². The zero-order valence-electron chi connectivity index (χ0n) is 9.67. The summed E-state index contributed by atoms with van der Waals surface area (Å²) >= 11 is 0. The molecule has 0 unspecified atom stereocenters. The Bertz CT molecular complexity index is 365. The lowest BCUT2D eigenvalue weighted by Gasteiger charge is -2.11. The number of carbonyl (C=O) groups is 1. The first-order valence-corrected chi connectivity index (χ1v) is 5.09. The number of halogens is 1. The maximum atomic E-state index is 13.0. The predicted octanol–water partition coefficient (Wildman–Crippen LogP) is 2.38. The Labute approximate surface area is 94.2 Å². The molecule has 0 aliphatic carbocycles. The Morgan fingerprint density at radius 2 is 1.88 bits per heavy atom. The molecule has 1 aromatic carbocycles. The number of benzene rings is 1. The second-order valence-corrected chi connectivity index (χ2v) is 3.46. The molecular formula is C12H15FO3. The fourth-order valence-corrected chi connectivity index (χ4v) is 1.46. The normalized spacial score (nSPS) is 10.0. The summed E-state index contributed by atoms with van der Waals surface area (Å²) in [6.45, 7) is 5.37. The van der Waals surface area contributed by atoms with E-state index in [1.165, 1.54) is 12.1 Å². The summed E-state index contributed by atoms with van der Waals surface area (Å²) < 4.78 is 23.0. The molecule has 0 aliphatic rings. The second-order valence-electron chi connectivity index (χ2n) is 3.46. The summed E-state index contributed by atoms with van der Waals surface area (Å²) in [7, 11) is 0. The second kappa shape index (κ2) is 5.49. The van der Waals surface area contributed by atoms with Gasteiger partial charge in [0.2, 0.25) is 0 Å². The van der Waals surface area contributed by atoms with Crippen molar-refractivity contribution in [1.29, 1.82) is 0 Å². The van der Waals surface area contributed by atoms with Crippen LogP contribution in [0, 0.1) is 19.7 Å². The SMILES string of the molecule is CCOC(=O)COc1c(C)cc(F)cc1C. The van der Waals surface area contributed by atoms with Gasteiger partial charge < -0.3 is 9.47 Å². The summed E-state index contributed by atoms with van der Waals surface area (Å²) in [5.74, 6) is -0.196. The van der Waals surface area contributed by atoms with Gasteiger partial charge >= 0.3 is 5.97 Å². The molecule has 0 aromatic heterocycles. The molecule has 0 bridgehead atoms. The van der Waals surface area contributed by atoms with Crippen LogP contribution in [0.3, 0.4) is 0 Å². The van der Waals surface area contributed by atoms with E-state index in [1.54, 1.807) is 20.8 Å². The minimum atomic E-state index is -0.425. The largest absolute Gasteiger partial charge is 0.481 e. The standard InChI is InChI=1S/C12H15FO3/c1-4-15-11(14)7-16-12-8(2)5-10(13)6-9(12)3/h5-6H,4,7H2,1-3H3. The van der Waals surface area contributed by atoms with Gasteiger partial charge in [-0.2, -0.15) is 0 Å². The van der Waals surface area contributed by atoms with Gasteiger partial charge in [-0.3, -0.25) is 0 Å². The monoisotopic (exact) mass is 226 g/mol. The maximum absolute atomic E-state index is 13.0. The minimum absolute atomic E-state index is 0.152. The summed E-state index contributed by atoms with van der Waals surface area (Å²) in [6, 6.07) is 2.74. The van der Waals surface area contributed by atoms with Gasteiger partial charge in [0.25, 0.3) is 0 Å². The number of hydrogen-bond acceptors (Lipinski definition) is 3. The molecule has 3 nitrogen and oxygen atoms in total. The van der Waals surface area contributed by atoms with E-state index in [9.17, 15) is 9.18 Å². The van der Waals surface area contributed by atoms with Gasteiger partial charge in [0.05, 0.1) is 6.61 Å². The van der Waals surface area contributed by atoms with Crippen LogP contribution in [0.2, 0.25) is 0 Å². The Morgan fingerprint density at radius 3 is 2.38 bits per heavy atom. The van der Waals surface area contributed by atoms with E-state index in [-0.39, 0.29) is 12.4 Å². The van der Waals surface area contributed by atoms with Gasteiger partial charge in [-0.1, -0.05) is 0 Å². The van der Waals surface area contributed by atoms with Crippen LogP contribution in [0.5, 0.6) is 5.75 Å². The highest BCUT2D eigenvalue weighted by Crippen LogP contribution is 2.24. The zero-order valence-corrected chi connectivity index (χ0v) is 9.67. The molecule has 0 radical (unpaired) electrons. The molecule has 0 atom stereocenters. The van der Waals surface area contributed by atoms with Crippen LogP contribution in [0.15, 0.2) is 12.1 Å². The Kier molecular flexibility index (Phi) is 4.28. The fourth-order valence-electron chi connectivity index (χ4n) is 1.46. The lowest BCUT2D eigenvalue weighted by Crippen LogP contribution is -2.15. The number of carbonyl (C=O) groups excluding carboxylic acids is 1. The lowest BCUT2D eigenvalue weighted by molar-refractivity contribution is -0.145. The summed E-state index contributed by atoms with van der Waals surface area (Å²) in [4.78, 5) is 11.1. The third-order valence-corrected chi connectivity index (χ3v) is 2.06. The van der Waals surface area contributed by atoms with Crippen molar-refractivity contribution in [2.45, 2.75) is 20.8 Å². The highest BCUT2D eigenvalue weighted by atomic mass is 19.1. The van der Waals surface area contributed by atoms with Crippen molar-refractivity contribution in [3.8, 4) is 5.75 Å². The molecule has 4 heteroatoms. The van der Waals surface area contributed by atoms with E-state index >= 15 is 0 Å². The van der Waals surface area contributed by atoms with Crippen molar-refractivity contribution in [3.63, 3.8) is 0 Å². The van der Waals surface area contributed by atoms with Crippen molar-refractivity contribution in [2.75, 3.05) is 13.2 Å².